The molecule has 0 aliphatic carbocycles. The molecule has 1 aliphatic heterocycles. The molecule has 1 aromatic rings. The molecule has 108 valence electrons. The monoisotopic (exact) mass is 286 g/mol. The van der Waals surface area contributed by atoms with Crippen LogP contribution < -0.4 is 5.32 Å². The number of aromatic amines is 1. The van der Waals surface area contributed by atoms with Gasteiger partial charge in [0.1, 0.15) is 4.90 Å². The van der Waals surface area contributed by atoms with Gasteiger partial charge in [0.2, 0.25) is 10.0 Å². The molecule has 7 heteroatoms. The maximum atomic E-state index is 12.8. The van der Waals surface area contributed by atoms with Crippen LogP contribution >= 0.6 is 0 Å². The molecule has 2 N–H and O–H groups in total. The van der Waals surface area contributed by atoms with Crippen molar-refractivity contribution >= 4 is 10.0 Å². The van der Waals surface area contributed by atoms with Crippen molar-refractivity contribution in [3.8, 4) is 0 Å². The minimum Gasteiger partial charge on any atom is -0.314 e. The van der Waals surface area contributed by atoms with Gasteiger partial charge in [0, 0.05) is 19.1 Å². The molecule has 0 aromatic carbocycles. The largest absolute Gasteiger partial charge is 0.314 e. The summed E-state index contributed by atoms with van der Waals surface area (Å²) in [6.07, 6.45) is 0.914. The Morgan fingerprint density at radius 3 is 2.68 bits per heavy atom. The molecule has 1 aromatic heterocycles. The third kappa shape index (κ3) is 2.54. The Hall–Kier alpha value is -0.920. The molecule has 1 aliphatic rings. The van der Waals surface area contributed by atoms with E-state index in [9.17, 15) is 8.42 Å². The van der Waals surface area contributed by atoms with Crippen LogP contribution in [0.4, 0.5) is 0 Å². The quantitative estimate of drug-likeness (QED) is 0.860. The first-order chi connectivity index (χ1) is 8.87. The van der Waals surface area contributed by atoms with Crippen LogP contribution in [0.2, 0.25) is 0 Å². The Labute approximate surface area is 114 Å². The smallest absolute Gasteiger partial charge is 0.247 e. The summed E-state index contributed by atoms with van der Waals surface area (Å²) in [5.74, 6) is 0.407. The average molecular weight is 286 g/mol. The van der Waals surface area contributed by atoms with Crippen molar-refractivity contribution in [2.75, 3.05) is 13.6 Å². The van der Waals surface area contributed by atoms with Crippen LogP contribution in [0.25, 0.3) is 0 Å². The van der Waals surface area contributed by atoms with E-state index in [-0.39, 0.29) is 6.04 Å². The Bertz CT molecular complexity index is 552. The summed E-state index contributed by atoms with van der Waals surface area (Å²) in [4.78, 5) is 0.336. The van der Waals surface area contributed by atoms with Crippen molar-refractivity contribution in [2.24, 2.45) is 5.92 Å². The van der Waals surface area contributed by atoms with Crippen molar-refractivity contribution in [1.29, 1.82) is 0 Å². The van der Waals surface area contributed by atoms with Gasteiger partial charge in [-0.3, -0.25) is 5.10 Å². The number of sulfonamides is 1. The van der Waals surface area contributed by atoms with E-state index in [1.165, 1.54) is 0 Å². The van der Waals surface area contributed by atoms with Gasteiger partial charge in [0.25, 0.3) is 0 Å². The minimum atomic E-state index is -3.46. The van der Waals surface area contributed by atoms with Crippen LogP contribution in [-0.2, 0) is 16.6 Å². The van der Waals surface area contributed by atoms with Crippen molar-refractivity contribution in [2.45, 2.75) is 44.7 Å². The van der Waals surface area contributed by atoms with E-state index in [1.807, 2.05) is 6.92 Å². The van der Waals surface area contributed by atoms with Crippen molar-refractivity contribution in [1.82, 2.24) is 19.8 Å². The number of hydrogen-bond acceptors (Lipinski definition) is 4. The van der Waals surface area contributed by atoms with Crippen LogP contribution in [0.5, 0.6) is 0 Å². The van der Waals surface area contributed by atoms with E-state index in [1.54, 1.807) is 18.3 Å². The highest BCUT2D eigenvalue weighted by molar-refractivity contribution is 7.89. The number of aryl methyl sites for hydroxylation is 1. The van der Waals surface area contributed by atoms with E-state index < -0.39 is 10.0 Å². The fourth-order valence-corrected chi connectivity index (χ4v) is 4.91. The van der Waals surface area contributed by atoms with Gasteiger partial charge in [-0.05, 0) is 33.2 Å². The third-order valence-electron chi connectivity index (χ3n) is 3.60. The molecule has 0 bridgehead atoms. The number of rotatable bonds is 4. The van der Waals surface area contributed by atoms with E-state index in [4.69, 9.17) is 0 Å². The summed E-state index contributed by atoms with van der Waals surface area (Å²) in [7, 11) is -1.68. The van der Waals surface area contributed by atoms with E-state index in [0.717, 1.165) is 6.42 Å². The average Bonchev–Trinajstić information content (AvgIpc) is 2.83. The lowest BCUT2D eigenvalue weighted by Gasteiger charge is -2.21. The Morgan fingerprint density at radius 2 is 2.16 bits per heavy atom. The van der Waals surface area contributed by atoms with E-state index >= 15 is 0 Å². The molecule has 2 rings (SSSR count). The van der Waals surface area contributed by atoms with Crippen LogP contribution in [0.3, 0.4) is 0 Å². The van der Waals surface area contributed by atoms with Crippen molar-refractivity contribution in [3.63, 3.8) is 0 Å². The minimum absolute atomic E-state index is 0.0525. The summed E-state index contributed by atoms with van der Waals surface area (Å²) in [6, 6.07) is 0.0525. The second kappa shape index (κ2) is 5.22. The second-order valence-corrected chi connectivity index (χ2v) is 7.25. The summed E-state index contributed by atoms with van der Waals surface area (Å²) >= 11 is 0. The molecule has 0 radical (unpaired) electrons. The predicted octanol–water partition coefficient (Wildman–Crippen LogP) is 0.857. The van der Waals surface area contributed by atoms with E-state index in [0.29, 0.717) is 35.3 Å². The van der Waals surface area contributed by atoms with Gasteiger partial charge in [-0.25, -0.2) is 8.42 Å². The highest BCUT2D eigenvalue weighted by atomic mass is 32.2. The van der Waals surface area contributed by atoms with Gasteiger partial charge in [0.15, 0.2) is 0 Å². The van der Waals surface area contributed by atoms with Gasteiger partial charge in [-0.2, -0.15) is 9.40 Å². The number of nitrogens with one attached hydrogen (secondary N) is 2. The van der Waals surface area contributed by atoms with Crippen LogP contribution in [0.15, 0.2) is 4.90 Å². The van der Waals surface area contributed by atoms with Gasteiger partial charge in [-0.1, -0.05) is 6.92 Å². The molecule has 19 heavy (non-hydrogen) atoms. The normalized spacial score (nSPS) is 25.1. The lowest BCUT2D eigenvalue weighted by atomic mass is 10.1. The lowest BCUT2D eigenvalue weighted by Crippen LogP contribution is -2.35. The molecule has 2 heterocycles. The number of aromatic nitrogens is 2. The van der Waals surface area contributed by atoms with Crippen molar-refractivity contribution in [3.05, 3.63) is 11.4 Å². The number of H-pyrrole nitrogens is 1. The number of hydrogen-bond donors (Lipinski definition) is 2. The highest BCUT2D eigenvalue weighted by Gasteiger charge is 2.38. The summed E-state index contributed by atoms with van der Waals surface area (Å²) in [5, 5.41) is 9.83. The van der Waals surface area contributed by atoms with Gasteiger partial charge >= 0.3 is 0 Å². The third-order valence-corrected chi connectivity index (χ3v) is 5.78. The number of nitrogens with zero attached hydrogens (tertiary/aromatic N) is 2. The first kappa shape index (κ1) is 14.5. The summed E-state index contributed by atoms with van der Waals surface area (Å²) in [5.41, 5.74) is 1.17. The van der Waals surface area contributed by atoms with Crippen LogP contribution in [0, 0.1) is 12.8 Å². The van der Waals surface area contributed by atoms with Gasteiger partial charge < -0.3 is 5.32 Å². The predicted molar refractivity (Wildman–Crippen MR) is 73.2 cm³/mol. The Balaban J connectivity index is 2.42. The highest BCUT2D eigenvalue weighted by Crippen LogP contribution is 2.31. The molecular formula is C12H22N4O2S. The topological polar surface area (TPSA) is 78.1 Å². The second-order valence-electron chi connectivity index (χ2n) is 5.42. The fourth-order valence-electron chi connectivity index (χ4n) is 2.81. The van der Waals surface area contributed by atoms with Crippen LogP contribution in [0.1, 0.15) is 31.7 Å². The van der Waals surface area contributed by atoms with E-state index in [2.05, 4.69) is 22.4 Å². The maximum Gasteiger partial charge on any atom is 0.247 e. The SMILES string of the molecule is CNCc1n[nH]c(C)c1S(=O)(=O)N1CC(C)CC1C. The molecule has 2 unspecified atom stereocenters. The summed E-state index contributed by atoms with van der Waals surface area (Å²) in [6.45, 7) is 6.84. The Morgan fingerprint density at radius 1 is 1.47 bits per heavy atom. The zero-order valence-electron chi connectivity index (χ0n) is 11.9. The standard InChI is InChI=1S/C12H22N4O2S/c1-8-5-9(2)16(7-8)19(17,18)12-10(3)14-15-11(12)6-13-4/h8-9,13H,5-7H2,1-4H3,(H,14,15). The Kier molecular flexibility index (Phi) is 3.98. The molecule has 2 atom stereocenters. The summed E-state index contributed by atoms with van der Waals surface area (Å²) < 4.78 is 27.2. The lowest BCUT2D eigenvalue weighted by molar-refractivity contribution is 0.404. The maximum absolute atomic E-state index is 12.8. The molecule has 0 amide bonds. The van der Waals surface area contributed by atoms with Gasteiger partial charge in [-0.15, -0.1) is 0 Å². The van der Waals surface area contributed by atoms with Crippen molar-refractivity contribution < 1.29 is 8.42 Å². The molecule has 0 saturated carbocycles. The zero-order valence-corrected chi connectivity index (χ0v) is 12.7. The molecule has 1 saturated heterocycles. The van der Waals surface area contributed by atoms with Crippen LogP contribution in [-0.4, -0.2) is 42.6 Å². The van der Waals surface area contributed by atoms with Gasteiger partial charge in [0.05, 0.1) is 11.4 Å². The fraction of sp³-hybridized carbons (Fsp3) is 0.750. The molecule has 6 nitrogen and oxygen atoms in total. The molecule has 1 fully saturated rings. The zero-order chi connectivity index (χ0) is 14.2. The first-order valence-electron chi connectivity index (χ1n) is 6.58. The molecular weight excluding hydrogens is 264 g/mol. The molecule has 0 spiro atoms. The first-order valence-corrected chi connectivity index (χ1v) is 8.02.